The summed E-state index contributed by atoms with van der Waals surface area (Å²) in [5, 5.41) is 2.90. The zero-order valence-electron chi connectivity index (χ0n) is 15.9. The first-order valence-corrected chi connectivity index (χ1v) is 9.27. The van der Waals surface area contributed by atoms with Gasteiger partial charge in [0.25, 0.3) is 0 Å². The summed E-state index contributed by atoms with van der Waals surface area (Å²) < 4.78 is 25.4. The molecule has 0 spiro atoms. The Bertz CT molecular complexity index is 1030. The SMILES string of the molecule is COc1ccccc1CC(=O)NCC1Cc2cc(F)cc(-c3cncnc3)c2O1. The number of ether oxygens (including phenoxy) is 2. The van der Waals surface area contributed by atoms with Gasteiger partial charge in [-0.3, -0.25) is 4.79 Å². The zero-order chi connectivity index (χ0) is 20.2. The van der Waals surface area contributed by atoms with Crippen molar-refractivity contribution in [1.82, 2.24) is 15.3 Å². The maximum absolute atomic E-state index is 14.1. The summed E-state index contributed by atoms with van der Waals surface area (Å²) in [5.41, 5.74) is 2.89. The molecule has 0 aliphatic carbocycles. The Balaban J connectivity index is 1.42. The Morgan fingerprint density at radius 2 is 2.07 bits per heavy atom. The Labute approximate surface area is 167 Å². The second-order valence-corrected chi connectivity index (χ2v) is 6.81. The van der Waals surface area contributed by atoms with Crippen molar-refractivity contribution in [3.05, 3.63) is 72.1 Å². The van der Waals surface area contributed by atoms with Crippen molar-refractivity contribution in [2.24, 2.45) is 0 Å². The van der Waals surface area contributed by atoms with Crippen LogP contribution in [0.15, 0.2) is 55.1 Å². The number of methoxy groups -OCH3 is 1. The number of halogens is 1. The molecule has 3 aromatic rings. The van der Waals surface area contributed by atoms with Crippen molar-refractivity contribution in [2.45, 2.75) is 18.9 Å². The van der Waals surface area contributed by atoms with Crippen LogP contribution in [0.1, 0.15) is 11.1 Å². The van der Waals surface area contributed by atoms with E-state index in [-0.39, 0.29) is 24.2 Å². The predicted molar refractivity (Wildman–Crippen MR) is 105 cm³/mol. The fourth-order valence-electron chi connectivity index (χ4n) is 3.47. The van der Waals surface area contributed by atoms with Gasteiger partial charge in [0.2, 0.25) is 5.91 Å². The number of benzene rings is 2. The lowest BCUT2D eigenvalue weighted by atomic mass is 10.0. The van der Waals surface area contributed by atoms with E-state index in [1.54, 1.807) is 19.5 Å². The first kappa shape index (κ1) is 18.9. The molecule has 1 aliphatic heterocycles. The van der Waals surface area contributed by atoms with E-state index < -0.39 is 0 Å². The van der Waals surface area contributed by atoms with Gasteiger partial charge in [-0.15, -0.1) is 0 Å². The zero-order valence-corrected chi connectivity index (χ0v) is 15.9. The lowest BCUT2D eigenvalue weighted by Gasteiger charge is -2.14. The summed E-state index contributed by atoms with van der Waals surface area (Å²) in [7, 11) is 1.58. The first-order chi connectivity index (χ1) is 14.1. The molecule has 2 heterocycles. The number of hydrogen-bond acceptors (Lipinski definition) is 5. The predicted octanol–water partition coefficient (Wildman–Crippen LogP) is 2.95. The molecule has 4 rings (SSSR count). The maximum atomic E-state index is 14.1. The minimum Gasteiger partial charge on any atom is -0.496 e. The normalized spacial score (nSPS) is 14.8. The number of para-hydroxylation sites is 1. The third-order valence-corrected chi connectivity index (χ3v) is 4.80. The highest BCUT2D eigenvalue weighted by Crippen LogP contribution is 2.39. The Morgan fingerprint density at radius 1 is 1.28 bits per heavy atom. The number of carbonyl (C=O) groups excluding carboxylic acids is 1. The van der Waals surface area contributed by atoms with E-state index in [0.717, 1.165) is 11.1 Å². The lowest BCUT2D eigenvalue weighted by molar-refractivity contribution is -0.120. The number of aromatic nitrogens is 2. The average molecular weight is 393 g/mol. The highest BCUT2D eigenvalue weighted by molar-refractivity contribution is 5.79. The second kappa shape index (κ2) is 8.26. The molecule has 0 saturated heterocycles. The van der Waals surface area contributed by atoms with Gasteiger partial charge >= 0.3 is 0 Å². The number of carbonyl (C=O) groups is 1. The van der Waals surface area contributed by atoms with Crippen molar-refractivity contribution in [2.75, 3.05) is 13.7 Å². The molecule has 0 saturated carbocycles. The van der Waals surface area contributed by atoms with E-state index in [2.05, 4.69) is 15.3 Å². The van der Waals surface area contributed by atoms with Crippen molar-refractivity contribution in [3.8, 4) is 22.6 Å². The molecule has 0 bridgehead atoms. The summed E-state index contributed by atoms with van der Waals surface area (Å²) in [6.07, 6.45) is 5.12. The minimum atomic E-state index is -0.341. The minimum absolute atomic E-state index is 0.128. The van der Waals surface area contributed by atoms with Crippen molar-refractivity contribution in [3.63, 3.8) is 0 Å². The number of nitrogens with one attached hydrogen (secondary N) is 1. The standard InChI is InChI=1S/C22H20FN3O3/c1-28-20-5-3-2-4-14(20)8-21(27)26-12-18-7-15-6-17(23)9-19(22(15)29-18)16-10-24-13-25-11-16/h2-6,9-11,13,18H,7-8,12H2,1H3,(H,26,27). The fourth-order valence-corrected chi connectivity index (χ4v) is 3.47. The molecule has 1 N–H and O–H groups in total. The highest BCUT2D eigenvalue weighted by atomic mass is 19.1. The number of amides is 1. The van der Waals surface area contributed by atoms with Crippen LogP contribution >= 0.6 is 0 Å². The monoisotopic (exact) mass is 393 g/mol. The summed E-state index contributed by atoms with van der Waals surface area (Å²) in [4.78, 5) is 20.3. The van der Waals surface area contributed by atoms with Crippen LogP contribution in [0.4, 0.5) is 4.39 Å². The van der Waals surface area contributed by atoms with Crippen LogP contribution in [0.3, 0.4) is 0 Å². The molecule has 1 aromatic heterocycles. The number of fused-ring (bicyclic) bond motifs is 1. The lowest BCUT2D eigenvalue weighted by Crippen LogP contribution is -2.35. The van der Waals surface area contributed by atoms with Crippen LogP contribution in [-0.2, 0) is 17.6 Å². The van der Waals surface area contributed by atoms with Gasteiger partial charge < -0.3 is 14.8 Å². The molecule has 1 amide bonds. The van der Waals surface area contributed by atoms with Crippen LogP contribution in [-0.4, -0.2) is 35.6 Å². The van der Waals surface area contributed by atoms with Crippen LogP contribution in [0.5, 0.6) is 11.5 Å². The molecule has 148 valence electrons. The fraction of sp³-hybridized carbons (Fsp3) is 0.227. The van der Waals surface area contributed by atoms with Crippen LogP contribution < -0.4 is 14.8 Å². The molecule has 1 unspecified atom stereocenters. The highest BCUT2D eigenvalue weighted by Gasteiger charge is 2.27. The molecule has 2 aromatic carbocycles. The first-order valence-electron chi connectivity index (χ1n) is 9.27. The molecule has 29 heavy (non-hydrogen) atoms. The smallest absolute Gasteiger partial charge is 0.224 e. The number of rotatable bonds is 6. The Kier molecular flexibility index (Phi) is 5.37. The molecule has 1 aliphatic rings. The maximum Gasteiger partial charge on any atom is 0.224 e. The molecular weight excluding hydrogens is 373 g/mol. The quantitative estimate of drug-likeness (QED) is 0.697. The molecule has 6 nitrogen and oxygen atoms in total. The third kappa shape index (κ3) is 4.18. The number of nitrogens with zero attached hydrogens (tertiary/aromatic N) is 2. The van der Waals surface area contributed by atoms with Gasteiger partial charge in [-0.1, -0.05) is 18.2 Å². The van der Waals surface area contributed by atoms with Gasteiger partial charge in [0, 0.05) is 41.1 Å². The van der Waals surface area contributed by atoms with E-state index in [4.69, 9.17) is 9.47 Å². The molecule has 0 fully saturated rings. The van der Waals surface area contributed by atoms with Crippen molar-refractivity contribution in [1.29, 1.82) is 0 Å². The van der Waals surface area contributed by atoms with E-state index in [9.17, 15) is 9.18 Å². The van der Waals surface area contributed by atoms with Gasteiger partial charge in [-0.05, 0) is 18.2 Å². The number of hydrogen-bond donors (Lipinski definition) is 1. The van der Waals surface area contributed by atoms with Crippen LogP contribution in [0, 0.1) is 5.82 Å². The van der Waals surface area contributed by atoms with Crippen LogP contribution in [0.2, 0.25) is 0 Å². The van der Waals surface area contributed by atoms with E-state index in [0.29, 0.717) is 35.6 Å². The summed E-state index contributed by atoms with van der Waals surface area (Å²) in [6.45, 7) is 0.328. The Morgan fingerprint density at radius 3 is 2.86 bits per heavy atom. The molecular formula is C22H20FN3O3. The molecule has 1 atom stereocenters. The average Bonchev–Trinajstić information content (AvgIpc) is 3.15. The summed E-state index contributed by atoms with van der Waals surface area (Å²) >= 11 is 0. The van der Waals surface area contributed by atoms with E-state index in [1.165, 1.54) is 18.5 Å². The van der Waals surface area contributed by atoms with Gasteiger partial charge in [0.1, 0.15) is 29.7 Å². The van der Waals surface area contributed by atoms with Crippen LogP contribution in [0.25, 0.3) is 11.1 Å². The summed E-state index contributed by atoms with van der Waals surface area (Å²) in [5.74, 6) is 0.825. The van der Waals surface area contributed by atoms with E-state index >= 15 is 0 Å². The summed E-state index contributed by atoms with van der Waals surface area (Å²) in [6, 6.07) is 10.3. The largest absolute Gasteiger partial charge is 0.496 e. The van der Waals surface area contributed by atoms with Gasteiger partial charge in [0.15, 0.2) is 0 Å². The van der Waals surface area contributed by atoms with Crippen molar-refractivity contribution < 1.29 is 18.7 Å². The molecule has 7 heteroatoms. The van der Waals surface area contributed by atoms with Crippen molar-refractivity contribution >= 4 is 5.91 Å². The second-order valence-electron chi connectivity index (χ2n) is 6.81. The van der Waals surface area contributed by atoms with Gasteiger partial charge in [0.05, 0.1) is 20.1 Å². The topological polar surface area (TPSA) is 73.3 Å². The van der Waals surface area contributed by atoms with Gasteiger partial charge in [-0.25, -0.2) is 14.4 Å². The Hall–Kier alpha value is -3.48. The third-order valence-electron chi connectivity index (χ3n) is 4.80. The van der Waals surface area contributed by atoms with E-state index in [1.807, 2.05) is 24.3 Å². The molecule has 0 radical (unpaired) electrons. The van der Waals surface area contributed by atoms with Gasteiger partial charge in [-0.2, -0.15) is 0 Å².